The minimum Gasteiger partial charge on any atom is -0.347 e. The van der Waals surface area contributed by atoms with Crippen molar-refractivity contribution in [2.45, 2.75) is 13.0 Å². The number of nitrogens with one attached hydrogen (secondary N) is 1. The van der Waals surface area contributed by atoms with Gasteiger partial charge >= 0.3 is 0 Å². The molecule has 3 heterocycles. The van der Waals surface area contributed by atoms with E-state index >= 15 is 0 Å². The maximum atomic E-state index is 12.3. The quantitative estimate of drug-likeness (QED) is 0.559. The molecule has 27 heavy (non-hydrogen) atoms. The van der Waals surface area contributed by atoms with Gasteiger partial charge in [-0.3, -0.25) is 4.79 Å². The molecule has 0 spiro atoms. The van der Waals surface area contributed by atoms with Crippen LogP contribution in [0.15, 0.2) is 66.7 Å². The second-order valence-corrected chi connectivity index (χ2v) is 6.78. The van der Waals surface area contributed by atoms with Crippen molar-refractivity contribution in [3.63, 3.8) is 0 Å². The van der Waals surface area contributed by atoms with E-state index < -0.39 is 0 Å². The second kappa shape index (κ2) is 7.88. The first-order valence-corrected chi connectivity index (χ1v) is 9.22. The highest BCUT2D eigenvalue weighted by atomic mass is 32.1. The molecule has 1 amide bonds. The Labute approximate surface area is 159 Å². The van der Waals surface area contributed by atoms with Crippen molar-refractivity contribution in [3.8, 4) is 5.82 Å². The average molecular weight is 376 g/mol. The summed E-state index contributed by atoms with van der Waals surface area (Å²) < 4.78 is 1.58. The van der Waals surface area contributed by atoms with Gasteiger partial charge in [-0.05, 0) is 17.2 Å². The Hall–Kier alpha value is -3.39. The predicted molar refractivity (Wildman–Crippen MR) is 102 cm³/mol. The number of carbonyl (C=O) groups excluding carboxylic acids is 1. The molecular formula is C19H16N6OS. The monoisotopic (exact) mass is 376 g/mol. The summed E-state index contributed by atoms with van der Waals surface area (Å²) in [6.45, 7) is 0.384. The summed E-state index contributed by atoms with van der Waals surface area (Å²) in [4.78, 5) is 25.0. The standard InChI is InChI=1S/C19H16N6OS/c26-19(16-11-27-18(24-16)8-14-4-2-1-3-5-14)22-10-15-6-7-17(21-9-15)25-13-20-12-23-25/h1-7,9,11-13H,8,10H2,(H,22,26). The molecule has 0 radical (unpaired) electrons. The number of thiazole rings is 1. The average Bonchev–Trinajstić information content (AvgIpc) is 3.40. The molecule has 0 saturated heterocycles. The Morgan fingerprint density at radius 1 is 1.11 bits per heavy atom. The summed E-state index contributed by atoms with van der Waals surface area (Å²) in [5.41, 5.74) is 2.52. The number of rotatable bonds is 6. The van der Waals surface area contributed by atoms with Gasteiger partial charge < -0.3 is 5.32 Å². The van der Waals surface area contributed by atoms with Gasteiger partial charge in [0, 0.05) is 24.5 Å². The van der Waals surface area contributed by atoms with Gasteiger partial charge in [-0.15, -0.1) is 11.3 Å². The van der Waals surface area contributed by atoms with Crippen molar-refractivity contribution in [1.29, 1.82) is 0 Å². The van der Waals surface area contributed by atoms with Crippen molar-refractivity contribution in [2.75, 3.05) is 0 Å². The highest BCUT2D eigenvalue weighted by Gasteiger charge is 2.11. The lowest BCUT2D eigenvalue weighted by Gasteiger charge is -2.04. The topological polar surface area (TPSA) is 85.6 Å². The largest absolute Gasteiger partial charge is 0.347 e. The first-order chi connectivity index (χ1) is 13.3. The molecule has 4 aromatic rings. The van der Waals surface area contributed by atoms with Gasteiger partial charge in [0.2, 0.25) is 0 Å². The molecule has 1 aromatic carbocycles. The van der Waals surface area contributed by atoms with E-state index in [4.69, 9.17) is 0 Å². The van der Waals surface area contributed by atoms with Crippen LogP contribution in [0.5, 0.6) is 0 Å². The number of benzene rings is 1. The van der Waals surface area contributed by atoms with Crippen molar-refractivity contribution >= 4 is 17.2 Å². The lowest BCUT2D eigenvalue weighted by atomic mass is 10.2. The molecule has 8 heteroatoms. The number of carbonyl (C=O) groups is 1. The van der Waals surface area contributed by atoms with Gasteiger partial charge in [0.15, 0.2) is 5.82 Å². The van der Waals surface area contributed by atoms with E-state index in [0.29, 0.717) is 18.1 Å². The van der Waals surface area contributed by atoms with Gasteiger partial charge in [0.1, 0.15) is 18.3 Å². The van der Waals surface area contributed by atoms with Crippen molar-refractivity contribution < 1.29 is 4.79 Å². The fourth-order valence-electron chi connectivity index (χ4n) is 2.52. The van der Waals surface area contributed by atoms with E-state index in [1.54, 1.807) is 22.6 Å². The van der Waals surface area contributed by atoms with Crippen LogP contribution in [0, 0.1) is 0 Å². The zero-order chi connectivity index (χ0) is 18.5. The number of aromatic nitrogens is 5. The molecule has 134 valence electrons. The molecule has 7 nitrogen and oxygen atoms in total. The number of hydrogen-bond acceptors (Lipinski definition) is 6. The molecule has 0 aliphatic rings. The Morgan fingerprint density at radius 3 is 2.74 bits per heavy atom. The number of pyridine rings is 1. The first kappa shape index (κ1) is 17.0. The van der Waals surface area contributed by atoms with E-state index in [1.165, 1.54) is 23.2 Å². The number of amides is 1. The molecule has 0 fully saturated rings. The van der Waals surface area contributed by atoms with Crippen molar-refractivity contribution in [3.05, 3.63) is 88.5 Å². The van der Waals surface area contributed by atoms with Crippen LogP contribution in [-0.4, -0.2) is 30.6 Å². The summed E-state index contributed by atoms with van der Waals surface area (Å²) in [5, 5.41) is 9.62. The van der Waals surface area contributed by atoms with Gasteiger partial charge in [0.25, 0.3) is 5.91 Å². The lowest BCUT2D eigenvalue weighted by molar-refractivity contribution is 0.0946. The summed E-state index contributed by atoms with van der Waals surface area (Å²) in [6, 6.07) is 13.8. The van der Waals surface area contributed by atoms with E-state index in [9.17, 15) is 4.79 Å². The third-order valence-electron chi connectivity index (χ3n) is 3.90. The van der Waals surface area contributed by atoms with Crippen LogP contribution in [0.4, 0.5) is 0 Å². The first-order valence-electron chi connectivity index (χ1n) is 8.34. The molecule has 4 rings (SSSR count). The van der Waals surface area contributed by atoms with E-state index in [-0.39, 0.29) is 5.91 Å². The molecular weight excluding hydrogens is 360 g/mol. The Balaban J connectivity index is 1.34. The molecule has 0 bridgehead atoms. The van der Waals surface area contributed by atoms with Gasteiger partial charge in [0.05, 0.1) is 5.01 Å². The molecule has 0 unspecified atom stereocenters. The molecule has 1 N–H and O–H groups in total. The molecule has 3 aromatic heterocycles. The molecule has 0 atom stereocenters. The summed E-state index contributed by atoms with van der Waals surface area (Å²) >= 11 is 1.49. The SMILES string of the molecule is O=C(NCc1ccc(-n2cncn2)nc1)c1csc(Cc2ccccc2)n1. The molecule has 0 saturated carbocycles. The Kier molecular flexibility index (Phi) is 4.97. The van der Waals surface area contributed by atoms with E-state index in [2.05, 4.69) is 37.5 Å². The van der Waals surface area contributed by atoms with Gasteiger partial charge in [-0.25, -0.2) is 19.6 Å². The van der Waals surface area contributed by atoms with Crippen molar-refractivity contribution in [2.24, 2.45) is 0 Å². The van der Waals surface area contributed by atoms with Crippen molar-refractivity contribution in [1.82, 2.24) is 30.0 Å². The minimum atomic E-state index is -0.189. The smallest absolute Gasteiger partial charge is 0.271 e. The maximum absolute atomic E-state index is 12.3. The summed E-state index contributed by atoms with van der Waals surface area (Å²) in [7, 11) is 0. The maximum Gasteiger partial charge on any atom is 0.271 e. The fourth-order valence-corrected chi connectivity index (χ4v) is 3.33. The van der Waals surface area contributed by atoms with Gasteiger partial charge in [-0.1, -0.05) is 36.4 Å². The normalized spacial score (nSPS) is 10.7. The third kappa shape index (κ3) is 4.24. The predicted octanol–water partition coefficient (Wildman–Crippen LogP) is 2.64. The molecule has 0 aliphatic carbocycles. The zero-order valence-corrected chi connectivity index (χ0v) is 15.1. The van der Waals surface area contributed by atoms with Crippen LogP contribution in [0.3, 0.4) is 0 Å². The van der Waals surface area contributed by atoms with Gasteiger partial charge in [-0.2, -0.15) is 5.10 Å². The summed E-state index contributed by atoms with van der Waals surface area (Å²) in [5.74, 6) is 0.485. The van der Waals surface area contributed by atoms with E-state index in [1.807, 2.05) is 30.3 Å². The highest BCUT2D eigenvalue weighted by Crippen LogP contribution is 2.15. The second-order valence-electron chi connectivity index (χ2n) is 5.84. The fraction of sp³-hybridized carbons (Fsp3) is 0.105. The van der Waals surface area contributed by atoms with Crippen LogP contribution in [0.25, 0.3) is 5.82 Å². The van der Waals surface area contributed by atoms with E-state index in [0.717, 1.165) is 17.0 Å². The van der Waals surface area contributed by atoms with Crippen LogP contribution in [0.2, 0.25) is 0 Å². The van der Waals surface area contributed by atoms with Crippen LogP contribution < -0.4 is 5.32 Å². The molecule has 0 aliphatic heterocycles. The lowest BCUT2D eigenvalue weighted by Crippen LogP contribution is -2.23. The number of hydrogen-bond donors (Lipinski definition) is 1. The van der Waals surface area contributed by atoms with Crippen LogP contribution in [0.1, 0.15) is 26.6 Å². The van der Waals surface area contributed by atoms with Crippen LogP contribution in [-0.2, 0) is 13.0 Å². The highest BCUT2D eigenvalue weighted by molar-refractivity contribution is 7.09. The Morgan fingerprint density at radius 2 is 2.00 bits per heavy atom. The minimum absolute atomic E-state index is 0.189. The third-order valence-corrected chi connectivity index (χ3v) is 4.75. The Bertz CT molecular complexity index is 1010. The number of nitrogens with zero attached hydrogens (tertiary/aromatic N) is 5. The van der Waals surface area contributed by atoms with Crippen LogP contribution >= 0.6 is 11.3 Å². The summed E-state index contributed by atoms with van der Waals surface area (Å²) in [6.07, 6.45) is 5.47. The zero-order valence-electron chi connectivity index (χ0n) is 14.3.